The number of carbonyl (C=O) groups excluding carboxylic acids is 1. The van der Waals surface area contributed by atoms with E-state index in [9.17, 15) is 4.79 Å². The smallest absolute Gasteiger partial charge is 0.255 e. The normalized spacial score (nSPS) is 15.4. The van der Waals surface area contributed by atoms with Gasteiger partial charge in [-0.05, 0) is 19.2 Å². The lowest BCUT2D eigenvalue weighted by atomic mass is 10.2. The third kappa shape index (κ3) is 4.52. The van der Waals surface area contributed by atoms with Crippen LogP contribution in [-0.2, 0) is 0 Å². The molecule has 0 bridgehead atoms. The maximum absolute atomic E-state index is 12.7. The van der Waals surface area contributed by atoms with E-state index in [1.807, 2.05) is 6.07 Å². The summed E-state index contributed by atoms with van der Waals surface area (Å²) in [6.07, 6.45) is 1.66. The first kappa shape index (κ1) is 21.9. The van der Waals surface area contributed by atoms with Gasteiger partial charge in [-0.25, -0.2) is 4.98 Å². The van der Waals surface area contributed by atoms with Crippen molar-refractivity contribution in [2.24, 2.45) is 0 Å². The van der Waals surface area contributed by atoms with Crippen molar-refractivity contribution in [2.45, 2.75) is 0 Å². The van der Waals surface area contributed by atoms with E-state index in [0.717, 1.165) is 32.0 Å². The van der Waals surface area contributed by atoms with Crippen LogP contribution in [0, 0.1) is 0 Å². The summed E-state index contributed by atoms with van der Waals surface area (Å²) in [4.78, 5) is 21.5. The lowest BCUT2D eigenvalue weighted by Crippen LogP contribution is -2.44. The number of nitrogens with two attached hydrogens (primary N) is 1. The largest absolute Gasteiger partial charge is 0.454 e. The molecule has 8 nitrogen and oxygen atoms in total. The molecule has 4 rings (SSSR count). The fourth-order valence-electron chi connectivity index (χ4n) is 3.03. The number of aromatic nitrogens is 1. The van der Waals surface area contributed by atoms with Crippen molar-refractivity contribution >= 4 is 47.9 Å². The van der Waals surface area contributed by atoms with Crippen molar-refractivity contribution < 1.29 is 14.3 Å². The Morgan fingerprint density at radius 3 is 2.50 bits per heavy atom. The van der Waals surface area contributed by atoms with Gasteiger partial charge in [0.15, 0.2) is 11.5 Å². The number of nitrogens with one attached hydrogen (secondary N) is 1. The van der Waals surface area contributed by atoms with Crippen molar-refractivity contribution in [3.05, 3.63) is 36.0 Å². The minimum Gasteiger partial charge on any atom is -0.454 e. The predicted molar refractivity (Wildman–Crippen MR) is 113 cm³/mol. The average molecular weight is 428 g/mol. The minimum absolute atomic E-state index is 0. The number of benzene rings is 1. The number of likely N-dealkylation sites (N-methyl/N-ethyl adjacent to an activating group) is 1. The fraction of sp³-hybridized carbons (Fsp3) is 0.333. The van der Waals surface area contributed by atoms with Gasteiger partial charge in [0.1, 0.15) is 5.82 Å². The van der Waals surface area contributed by atoms with Crippen molar-refractivity contribution in [2.75, 3.05) is 56.0 Å². The Balaban J connectivity index is 0.00000140. The number of fused-ring (bicyclic) bond motifs is 1. The Labute approximate surface area is 175 Å². The number of carbonyl (C=O) groups is 1. The van der Waals surface area contributed by atoms with Crippen LogP contribution in [0.25, 0.3) is 0 Å². The molecule has 3 N–H and O–H groups in total. The van der Waals surface area contributed by atoms with E-state index in [1.165, 1.54) is 0 Å². The Bertz CT molecular complexity index is 844. The van der Waals surface area contributed by atoms with Crippen LogP contribution in [0.3, 0.4) is 0 Å². The number of nitrogens with zero attached hydrogens (tertiary/aromatic N) is 3. The van der Waals surface area contributed by atoms with Gasteiger partial charge in [-0.15, -0.1) is 24.8 Å². The lowest BCUT2D eigenvalue weighted by molar-refractivity contribution is 0.102. The maximum atomic E-state index is 12.7. The van der Waals surface area contributed by atoms with Gasteiger partial charge in [-0.1, -0.05) is 0 Å². The monoisotopic (exact) mass is 427 g/mol. The van der Waals surface area contributed by atoms with Crippen molar-refractivity contribution in [1.82, 2.24) is 9.88 Å². The second-order valence-corrected chi connectivity index (χ2v) is 6.44. The maximum Gasteiger partial charge on any atom is 0.255 e. The quantitative estimate of drug-likeness (QED) is 0.725. The molecule has 28 heavy (non-hydrogen) atoms. The van der Waals surface area contributed by atoms with Crippen LogP contribution in [-0.4, -0.2) is 55.8 Å². The highest BCUT2D eigenvalue weighted by atomic mass is 35.5. The molecule has 1 saturated heterocycles. The molecule has 10 heteroatoms. The summed E-state index contributed by atoms with van der Waals surface area (Å²) >= 11 is 0. The Hall–Kier alpha value is -2.42. The van der Waals surface area contributed by atoms with Gasteiger partial charge in [0.25, 0.3) is 5.91 Å². The van der Waals surface area contributed by atoms with Gasteiger partial charge < -0.3 is 30.3 Å². The van der Waals surface area contributed by atoms with E-state index in [2.05, 4.69) is 27.1 Å². The van der Waals surface area contributed by atoms with E-state index in [0.29, 0.717) is 28.4 Å². The zero-order chi connectivity index (χ0) is 18.1. The van der Waals surface area contributed by atoms with Gasteiger partial charge in [0.05, 0.1) is 11.4 Å². The van der Waals surface area contributed by atoms with E-state index >= 15 is 0 Å². The Morgan fingerprint density at radius 2 is 1.79 bits per heavy atom. The van der Waals surface area contributed by atoms with Crippen LogP contribution in [0.5, 0.6) is 11.5 Å². The van der Waals surface area contributed by atoms with Gasteiger partial charge >= 0.3 is 0 Å². The summed E-state index contributed by atoms with van der Waals surface area (Å²) in [5.74, 6) is 1.72. The average Bonchev–Trinajstić information content (AvgIpc) is 3.10. The molecule has 2 aliphatic heterocycles. The number of ether oxygens (including phenoxy) is 2. The Kier molecular flexibility index (Phi) is 7.17. The van der Waals surface area contributed by atoms with Crippen molar-refractivity contribution in [3.63, 3.8) is 0 Å². The van der Waals surface area contributed by atoms with Crippen LogP contribution in [0.1, 0.15) is 10.4 Å². The van der Waals surface area contributed by atoms with Gasteiger partial charge in [-0.3, -0.25) is 4.79 Å². The molecule has 1 fully saturated rings. The molecule has 2 aliphatic rings. The van der Waals surface area contributed by atoms with E-state index < -0.39 is 0 Å². The first-order chi connectivity index (χ1) is 12.6. The first-order valence-corrected chi connectivity index (χ1v) is 8.50. The number of hydrogen-bond donors (Lipinski definition) is 2. The highest BCUT2D eigenvalue weighted by molar-refractivity contribution is 6.06. The van der Waals surface area contributed by atoms with Crippen LogP contribution in [0.2, 0.25) is 0 Å². The molecule has 0 saturated carbocycles. The lowest BCUT2D eigenvalue weighted by Gasteiger charge is -2.33. The second kappa shape index (κ2) is 9.18. The molecular weight excluding hydrogens is 405 g/mol. The predicted octanol–water partition coefficient (Wildman–Crippen LogP) is 2.24. The van der Waals surface area contributed by atoms with Crippen LogP contribution in [0.15, 0.2) is 30.5 Å². The van der Waals surface area contributed by atoms with Crippen molar-refractivity contribution in [3.8, 4) is 11.5 Å². The number of piperazine rings is 1. The summed E-state index contributed by atoms with van der Waals surface area (Å²) in [6, 6.07) is 6.83. The number of rotatable bonds is 3. The molecular formula is C18H23Cl2N5O3. The molecule has 0 unspecified atom stereocenters. The zero-order valence-electron chi connectivity index (χ0n) is 15.4. The number of hydrogen-bond acceptors (Lipinski definition) is 7. The van der Waals surface area contributed by atoms with E-state index in [1.54, 1.807) is 24.4 Å². The first-order valence-electron chi connectivity index (χ1n) is 8.50. The molecule has 0 radical (unpaired) electrons. The topological polar surface area (TPSA) is 93.0 Å². The number of anilines is 3. The van der Waals surface area contributed by atoms with Crippen LogP contribution < -0.4 is 25.4 Å². The van der Waals surface area contributed by atoms with E-state index in [-0.39, 0.29) is 37.5 Å². The minimum atomic E-state index is -0.242. The van der Waals surface area contributed by atoms with Gasteiger partial charge in [-0.2, -0.15) is 0 Å². The number of amides is 1. The number of halogens is 2. The molecule has 0 spiro atoms. The molecule has 1 aromatic carbocycles. The second-order valence-electron chi connectivity index (χ2n) is 6.44. The van der Waals surface area contributed by atoms with E-state index in [4.69, 9.17) is 15.2 Å². The molecule has 0 aliphatic carbocycles. The highest BCUT2D eigenvalue weighted by Gasteiger charge is 2.19. The third-order valence-electron chi connectivity index (χ3n) is 4.63. The molecule has 2 aromatic rings. The third-order valence-corrected chi connectivity index (χ3v) is 4.63. The summed E-state index contributed by atoms with van der Waals surface area (Å²) in [7, 11) is 2.10. The van der Waals surface area contributed by atoms with Crippen molar-refractivity contribution in [1.29, 1.82) is 0 Å². The molecule has 3 heterocycles. The molecule has 1 aromatic heterocycles. The van der Waals surface area contributed by atoms with Gasteiger partial charge in [0, 0.05) is 50.1 Å². The van der Waals surface area contributed by atoms with Gasteiger partial charge in [0.2, 0.25) is 6.79 Å². The zero-order valence-corrected chi connectivity index (χ0v) is 17.0. The molecule has 1 amide bonds. The van der Waals surface area contributed by atoms with Crippen LogP contribution in [0.4, 0.5) is 17.2 Å². The fourth-order valence-corrected chi connectivity index (χ4v) is 3.03. The summed E-state index contributed by atoms with van der Waals surface area (Å²) in [5.41, 5.74) is 7.46. The summed E-state index contributed by atoms with van der Waals surface area (Å²) in [5, 5.41) is 2.84. The van der Waals surface area contributed by atoms with Crippen LogP contribution >= 0.6 is 24.8 Å². The standard InChI is InChI=1S/C18H21N5O3.2ClH/c1-22-4-6-23(7-5-22)17-8-12(2-3-20-17)18(24)21-14-10-16-15(9-13(14)19)25-11-26-16;;/h2-3,8-10H,4-7,11,19H2,1H3,(H,21,24);2*1H. The number of nitrogen functional groups attached to an aromatic ring is 1. The number of pyridine rings is 1. The Morgan fingerprint density at radius 1 is 1.11 bits per heavy atom. The summed E-state index contributed by atoms with van der Waals surface area (Å²) in [6.45, 7) is 3.90. The molecule has 0 atom stereocenters. The summed E-state index contributed by atoms with van der Waals surface area (Å²) < 4.78 is 10.6. The SMILES string of the molecule is CN1CCN(c2cc(C(=O)Nc3cc4c(cc3N)OCO4)ccn2)CC1.Cl.Cl. The highest BCUT2D eigenvalue weighted by Crippen LogP contribution is 2.38. The molecule has 152 valence electrons.